The normalized spacial score (nSPS) is 41.2. The van der Waals surface area contributed by atoms with E-state index in [1.54, 1.807) is 0 Å². The molecule has 0 amide bonds. The van der Waals surface area contributed by atoms with Gasteiger partial charge in [-0.2, -0.15) is 0 Å². The molecule has 1 aliphatic rings. The molecule has 4 N–H and O–H groups in total. The van der Waals surface area contributed by atoms with E-state index >= 15 is 0 Å². The largest absolute Gasteiger partial charge is 0.323 e. The summed E-state index contributed by atoms with van der Waals surface area (Å²) in [5.41, 5.74) is 12.5. The van der Waals surface area contributed by atoms with E-state index in [0.29, 0.717) is 0 Å². The number of nitrogens with two attached hydrogens (primary N) is 2. The zero-order valence-electron chi connectivity index (χ0n) is 12.8. The van der Waals surface area contributed by atoms with E-state index in [-0.39, 0.29) is 5.92 Å². The molecule has 0 aliphatic heterocycles. The SMILES string of the molecule is CC1C=CC(C)(N=Cc2ccccc2)C(C)(N)C1(C)N. The van der Waals surface area contributed by atoms with Crippen LogP contribution in [0.5, 0.6) is 0 Å². The van der Waals surface area contributed by atoms with Crippen molar-refractivity contribution in [3.8, 4) is 0 Å². The van der Waals surface area contributed by atoms with Crippen molar-refractivity contribution in [2.24, 2.45) is 22.4 Å². The zero-order valence-corrected chi connectivity index (χ0v) is 12.8. The van der Waals surface area contributed by atoms with Crippen LogP contribution < -0.4 is 11.5 Å². The van der Waals surface area contributed by atoms with E-state index in [0.717, 1.165) is 5.56 Å². The first-order valence-electron chi connectivity index (χ1n) is 7.08. The van der Waals surface area contributed by atoms with Gasteiger partial charge in [0.25, 0.3) is 0 Å². The molecule has 108 valence electrons. The standard InChI is InChI=1S/C17H25N3/c1-13-10-11-15(2,17(4,19)16(13,3)18)20-12-14-8-6-5-7-9-14/h5-13H,18-19H2,1-4H3. The molecule has 0 spiro atoms. The average molecular weight is 271 g/mol. The lowest BCUT2D eigenvalue weighted by Crippen LogP contribution is -2.75. The maximum absolute atomic E-state index is 6.60. The Balaban J connectivity index is 2.39. The van der Waals surface area contributed by atoms with Gasteiger partial charge in [0.15, 0.2) is 0 Å². The monoisotopic (exact) mass is 271 g/mol. The first-order valence-corrected chi connectivity index (χ1v) is 7.08. The Morgan fingerprint density at radius 2 is 1.70 bits per heavy atom. The van der Waals surface area contributed by atoms with Crippen LogP contribution in [0.15, 0.2) is 47.5 Å². The molecule has 4 atom stereocenters. The molecule has 20 heavy (non-hydrogen) atoms. The fourth-order valence-electron chi connectivity index (χ4n) is 2.65. The molecule has 0 radical (unpaired) electrons. The first kappa shape index (κ1) is 14.9. The van der Waals surface area contributed by atoms with Crippen LogP contribution in [0.4, 0.5) is 0 Å². The van der Waals surface area contributed by atoms with Gasteiger partial charge in [0.1, 0.15) is 0 Å². The Kier molecular flexibility index (Phi) is 3.61. The van der Waals surface area contributed by atoms with Crippen molar-refractivity contribution in [3.63, 3.8) is 0 Å². The summed E-state index contributed by atoms with van der Waals surface area (Å²) in [6.45, 7) is 8.15. The molecule has 0 fully saturated rings. The number of aliphatic imine (C=N–C) groups is 1. The molecule has 2 rings (SSSR count). The predicted octanol–water partition coefficient (Wildman–Crippen LogP) is 2.50. The lowest BCUT2D eigenvalue weighted by molar-refractivity contribution is 0.135. The molecule has 0 saturated heterocycles. The van der Waals surface area contributed by atoms with Gasteiger partial charge in [0.2, 0.25) is 0 Å². The van der Waals surface area contributed by atoms with Crippen molar-refractivity contribution in [1.29, 1.82) is 0 Å². The molecule has 1 aliphatic carbocycles. The molecule has 0 saturated carbocycles. The van der Waals surface area contributed by atoms with Gasteiger partial charge < -0.3 is 11.5 Å². The van der Waals surface area contributed by atoms with E-state index in [1.807, 2.05) is 57.3 Å². The minimum absolute atomic E-state index is 0.220. The third kappa shape index (κ3) is 2.21. The van der Waals surface area contributed by atoms with Gasteiger partial charge >= 0.3 is 0 Å². The number of benzene rings is 1. The summed E-state index contributed by atoms with van der Waals surface area (Å²) >= 11 is 0. The topological polar surface area (TPSA) is 64.4 Å². The second-order valence-corrected chi connectivity index (χ2v) is 6.45. The van der Waals surface area contributed by atoms with Crippen molar-refractivity contribution in [2.45, 2.75) is 44.3 Å². The van der Waals surface area contributed by atoms with E-state index < -0.39 is 16.6 Å². The maximum atomic E-state index is 6.60. The van der Waals surface area contributed by atoms with Crippen LogP contribution in [-0.4, -0.2) is 22.8 Å². The highest BCUT2D eigenvalue weighted by Gasteiger charge is 2.54. The molecule has 0 heterocycles. The third-order valence-corrected chi connectivity index (χ3v) is 5.11. The molecule has 0 aromatic heterocycles. The molecule has 0 bridgehead atoms. The molecule has 1 aromatic carbocycles. The van der Waals surface area contributed by atoms with Gasteiger partial charge in [-0.25, -0.2) is 0 Å². The van der Waals surface area contributed by atoms with Crippen molar-refractivity contribution < 1.29 is 0 Å². The molecule has 1 aromatic rings. The highest BCUT2D eigenvalue weighted by molar-refractivity contribution is 5.80. The average Bonchev–Trinajstić information content (AvgIpc) is 2.42. The van der Waals surface area contributed by atoms with Crippen molar-refractivity contribution in [3.05, 3.63) is 48.0 Å². The summed E-state index contributed by atoms with van der Waals surface area (Å²) in [7, 11) is 0. The summed E-state index contributed by atoms with van der Waals surface area (Å²) < 4.78 is 0. The summed E-state index contributed by atoms with van der Waals surface area (Å²) in [6, 6.07) is 10.0. The van der Waals surface area contributed by atoms with Crippen LogP contribution in [0.2, 0.25) is 0 Å². The quantitative estimate of drug-likeness (QED) is 0.641. The molecule has 3 heteroatoms. The number of rotatable bonds is 2. The molecule has 4 unspecified atom stereocenters. The van der Waals surface area contributed by atoms with Gasteiger partial charge in [-0.3, -0.25) is 4.99 Å². The number of nitrogens with zero attached hydrogens (tertiary/aromatic N) is 1. The minimum Gasteiger partial charge on any atom is -0.323 e. The Morgan fingerprint density at radius 3 is 2.30 bits per heavy atom. The maximum Gasteiger partial charge on any atom is 0.0953 e. The number of hydrogen-bond donors (Lipinski definition) is 2. The Labute approximate surface area is 121 Å². The van der Waals surface area contributed by atoms with E-state index in [2.05, 4.69) is 19.1 Å². The van der Waals surface area contributed by atoms with Crippen LogP contribution in [0, 0.1) is 5.92 Å². The second kappa shape index (κ2) is 4.83. The van der Waals surface area contributed by atoms with Crippen molar-refractivity contribution >= 4 is 6.21 Å². The third-order valence-electron chi connectivity index (χ3n) is 5.11. The van der Waals surface area contributed by atoms with Crippen LogP contribution in [0.1, 0.15) is 33.3 Å². The number of hydrogen-bond acceptors (Lipinski definition) is 3. The summed E-state index contributed by atoms with van der Waals surface area (Å²) in [5, 5.41) is 0. The lowest BCUT2D eigenvalue weighted by Gasteiger charge is -2.54. The molecular weight excluding hydrogens is 246 g/mol. The van der Waals surface area contributed by atoms with Gasteiger partial charge in [-0.15, -0.1) is 0 Å². The summed E-state index contributed by atoms with van der Waals surface area (Å²) in [5.74, 6) is 0.220. The van der Waals surface area contributed by atoms with Gasteiger partial charge in [0, 0.05) is 11.8 Å². The van der Waals surface area contributed by atoms with Gasteiger partial charge in [-0.05, 0) is 32.3 Å². The van der Waals surface area contributed by atoms with E-state index in [4.69, 9.17) is 16.5 Å². The summed E-state index contributed by atoms with van der Waals surface area (Å²) in [6.07, 6.45) is 6.09. The van der Waals surface area contributed by atoms with Gasteiger partial charge in [-0.1, -0.05) is 49.4 Å². The lowest BCUT2D eigenvalue weighted by atomic mass is 9.59. The van der Waals surface area contributed by atoms with Crippen LogP contribution in [-0.2, 0) is 0 Å². The van der Waals surface area contributed by atoms with Crippen LogP contribution in [0.3, 0.4) is 0 Å². The second-order valence-electron chi connectivity index (χ2n) is 6.45. The summed E-state index contributed by atoms with van der Waals surface area (Å²) in [4.78, 5) is 4.75. The zero-order chi connectivity index (χ0) is 15.0. The first-order chi connectivity index (χ1) is 9.21. The molecule has 3 nitrogen and oxygen atoms in total. The Morgan fingerprint density at radius 1 is 1.10 bits per heavy atom. The smallest absolute Gasteiger partial charge is 0.0953 e. The Hall–Kier alpha value is -1.45. The minimum atomic E-state index is -0.626. The van der Waals surface area contributed by atoms with Crippen molar-refractivity contribution in [1.82, 2.24) is 0 Å². The van der Waals surface area contributed by atoms with E-state index in [9.17, 15) is 0 Å². The predicted molar refractivity (Wildman–Crippen MR) is 85.9 cm³/mol. The molecular formula is C17H25N3. The Bertz CT molecular complexity index is 528. The fourth-order valence-corrected chi connectivity index (χ4v) is 2.65. The van der Waals surface area contributed by atoms with E-state index in [1.165, 1.54) is 0 Å². The highest BCUT2D eigenvalue weighted by Crippen LogP contribution is 2.41. The van der Waals surface area contributed by atoms with Gasteiger partial charge in [0.05, 0.1) is 11.1 Å². The van der Waals surface area contributed by atoms with Crippen LogP contribution >= 0.6 is 0 Å². The highest BCUT2D eigenvalue weighted by atomic mass is 15.0. The van der Waals surface area contributed by atoms with Crippen molar-refractivity contribution in [2.75, 3.05) is 0 Å². The fraction of sp³-hybridized carbons (Fsp3) is 0.471. The van der Waals surface area contributed by atoms with Crippen LogP contribution in [0.25, 0.3) is 0 Å².